The third-order valence-electron chi connectivity index (χ3n) is 4.55. The SMILES string of the molecule is O=C1COc2ccc(C(=O)COC(=O)CCN=C3NS(=O)(=O)c4ccccc43)cc2N1. The van der Waals surface area contributed by atoms with Gasteiger partial charge in [-0.15, -0.1) is 0 Å². The molecular weight excluding hydrogens is 426 g/mol. The van der Waals surface area contributed by atoms with E-state index in [-0.39, 0.29) is 41.8 Å². The maximum atomic E-state index is 12.3. The maximum absolute atomic E-state index is 12.3. The second-order valence-electron chi connectivity index (χ2n) is 6.71. The van der Waals surface area contributed by atoms with Gasteiger partial charge in [0.15, 0.2) is 19.0 Å². The molecule has 0 saturated heterocycles. The number of nitrogens with one attached hydrogen (secondary N) is 2. The quantitative estimate of drug-likeness (QED) is 0.499. The fourth-order valence-electron chi connectivity index (χ4n) is 3.07. The first kappa shape index (κ1) is 20.5. The summed E-state index contributed by atoms with van der Waals surface area (Å²) in [6.07, 6.45) is -0.130. The van der Waals surface area contributed by atoms with E-state index in [0.29, 0.717) is 17.0 Å². The number of aliphatic imine (C=N–C) groups is 1. The number of ketones is 1. The number of amidine groups is 1. The summed E-state index contributed by atoms with van der Waals surface area (Å²) in [5.74, 6) is -0.798. The van der Waals surface area contributed by atoms with Crippen molar-refractivity contribution in [3.63, 3.8) is 0 Å². The van der Waals surface area contributed by atoms with Crippen molar-refractivity contribution in [2.45, 2.75) is 11.3 Å². The Kier molecular flexibility index (Phi) is 5.42. The van der Waals surface area contributed by atoms with Crippen LogP contribution in [-0.2, 0) is 24.3 Å². The lowest BCUT2D eigenvalue weighted by Crippen LogP contribution is -2.25. The largest absolute Gasteiger partial charge is 0.482 e. The first-order chi connectivity index (χ1) is 14.8. The molecule has 2 heterocycles. The minimum Gasteiger partial charge on any atom is -0.482 e. The predicted molar refractivity (Wildman–Crippen MR) is 109 cm³/mol. The minimum absolute atomic E-state index is 0.0125. The molecule has 0 unspecified atom stereocenters. The van der Waals surface area contributed by atoms with E-state index in [1.807, 2.05) is 0 Å². The molecule has 10 nitrogen and oxygen atoms in total. The zero-order valence-electron chi connectivity index (χ0n) is 16.1. The van der Waals surface area contributed by atoms with Gasteiger partial charge in [-0.25, -0.2) is 8.42 Å². The highest BCUT2D eigenvalue weighted by molar-refractivity contribution is 7.90. The Balaban J connectivity index is 1.30. The van der Waals surface area contributed by atoms with Gasteiger partial charge in [0.1, 0.15) is 11.6 Å². The number of esters is 1. The standard InChI is InChI=1S/C20H17N3O7S/c24-15(12-5-6-16-14(9-12)22-18(25)11-29-16)10-30-19(26)7-8-21-20-13-3-1-2-4-17(13)31(27,28)23-20/h1-6,9H,7-8,10-11H2,(H,21,23)(H,22,25). The molecule has 0 fully saturated rings. The molecule has 2 aromatic carbocycles. The molecule has 0 spiro atoms. The van der Waals surface area contributed by atoms with Gasteiger partial charge in [-0.1, -0.05) is 12.1 Å². The molecule has 0 saturated carbocycles. The monoisotopic (exact) mass is 443 g/mol. The number of rotatable bonds is 6. The second-order valence-corrected chi connectivity index (χ2v) is 8.36. The second kappa shape index (κ2) is 8.19. The lowest BCUT2D eigenvalue weighted by Gasteiger charge is -2.18. The average Bonchev–Trinajstić information content (AvgIpc) is 3.02. The molecule has 0 radical (unpaired) electrons. The van der Waals surface area contributed by atoms with Crippen molar-refractivity contribution in [3.05, 3.63) is 53.6 Å². The normalized spacial score (nSPS) is 17.0. The Labute approximate surface area is 177 Å². The van der Waals surface area contributed by atoms with E-state index in [9.17, 15) is 22.8 Å². The Morgan fingerprint density at radius 3 is 2.81 bits per heavy atom. The van der Waals surface area contributed by atoms with Crippen molar-refractivity contribution in [3.8, 4) is 5.75 Å². The fraction of sp³-hybridized carbons (Fsp3) is 0.200. The van der Waals surface area contributed by atoms with Crippen molar-refractivity contribution in [2.75, 3.05) is 25.1 Å². The van der Waals surface area contributed by atoms with Gasteiger partial charge < -0.3 is 14.8 Å². The molecule has 4 rings (SSSR count). The molecule has 0 aliphatic carbocycles. The first-order valence-electron chi connectivity index (χ1n) is 9.26. The number of carbonyl (C=O) groups is 3. The van der Waals surface area contributed by atoms with Gasteiger partial charge in [0.25, 0.3) is 15.9 Å². The van der Waals surface area contributed by atoms with Crippen LogP contribution in [0.25, 0.3) is 0 Å². The van der Waals surface area contributed by atoms with Gasteiger partial charge in [0.05, 0.1) is 23.5 Å². The molecular formula is C20H17N3O7S. The summed E-state index contributed by atoms with van der Waals surface area (Å²) in [6, 6.07) is 10.9. The van der Waals surface area contributed by atoms with Crippen molar-refractivity contribution < 1.29 is 32.3 Å². The van der Waals surface area contributed by atoms with Gasteiger partial charge in [0.2, 0.25) is 0 Å². The molecule has 11 heteroatoms. The van der Waals surface area contributed by atoms with Crippen LogP contribution < -0.4 is 14.8 Å². The number of benzene rings is 2. The number of amides is 1. The van der Waals surface area contributed by atoms with E-state index in [1.54, 1.807) is 24.3 Å². The molecule has 2 aromatic rings. The number of fused-ring (bicyclic) bond motifs is 2. The molecule has 2 N–H and O–H groups in total. The molecule has 31 heavy (non-hydrogen) atoms. The molecule has 0 bridgehead atoms. The van der Waals surface area contributed by atoms with Crippen LogP contribution in [-0.4, -0.2) is 51.7 Å². The lowest BCUT2D eigenvalue weighted by atomic mass is 10.1. The molecule has 160 valence electrons. The summed E-state index contributed by atoms with van der Waals surface area (Å²) in [4.78, 5) is 39.9. The van der Waals surface area contributed by atoms with E-state index in [4.69, 9.17) is 9.47 Å². The highest BCUT2D eigenvalue weighted by atomic mass is 32.2. The van der Waals surface area contributed by atoms with E-state index in [1.165, 1.54) is 18.2 Å². The summed E-state index contributed by atoms with van der Waals surface area (Å²) >= 11 is 0. The topological polar surface area (TPSA) is 140 Å². The van der Waals surface area contributed by atoms with Gasteiger partial charge in [-0.05, 0) is 30.3 Å². The molecule has 1 amide bonds. The van der Waals surface area contributed by atoms with Crippen LogP contribution in [0.4, 0.5) is 5.69 Å². The van der Waals surface area contributed by atoms with Crippen LogP contribution in [0.1, 0.15) is 22.3 Å². The fourth-order valence-corrected chi connectivity index (χ4v) is 4.32. The van der Waals surface area contributed by atoms with E-state index in [2.05, 4.69) is 15.0 Å². The number of anilines is 1. The number of hydrogen-bond acceptors (Lipinski definition) is 8. The van der Waals surface area contributed by atoms with E-state index in [0.717, 1.165) is 0 Å². The van der Waals surface area contributed by atoms with Gasteiger partial charge in [-0.3, -0.25) is 24.1 Å². The van der Waals surface area contributed by atoms with Crippen molar-refractivity contribution in [2.24, 2.45) is 4.99 Å². The number of hydrogen-bond donors (Lipinski definition) is 2. The predicted octanol–water partition coefficient (Wildman–Crippen LogP) is 0.872. The number of nitrogens with zero attached hydrogens (tertiary/aromatic N) is 1. The lowest BCUT2D eigenvalue weighted by molar-refractivity contribution is -0.142. The van der Waals surface area contributed by atoms with Gasteiger partial charge in [-0.2, -0.15) is 0 Å². The highest BCUT2D eigenvalue weighted by Crippen LogP contribution is 2.28. The van der Waals surface area contributed by atoms with Crippen molar-refractivity contribution in [1.29, 1.82) is 0 Å². The van der Waals surface area contributed by atoms with Crippen molar-refractivity contribution in [1.82, 2.24) is 4.72 Å². The maximum Gasteiger partial charge on any atom is 0.308 e. The number of carbonyl (C=O) groups excluding carboxylic acids is 3. The Morgan fingerprint density at radius 2 is 1.97 bits per heavy atom. The third-order valence-corrected chi connectivity index (χ3v) is 5.94. The molecule has 0 aromatic heterocycles. The summed E-state index contributed by atoms with van der Waals surface area (Å²) < 4.78 is 36.6. The van der Waals surface area contributed by atoms with Gasteiger partial charge in [0, 0.05) is 11.1 Å². The minimum atomic E-state index is -3.64. The Bertz CT molecular complexity index is 1220. The third kappa shape index (κ3) is 4.40. The van der Waals surface area contributed by atoms with Crippen LogP contribution in [0.3, 0.4) is 0 Å². The van der Waals surface area contributed by atoms with Crippen LogP contribution in [0, 0.1) is 0 Å². The zero-order chi connectivity index (χ0) is 22.0. The van der Waals surface area contributed by atoms with Gasteiger partial charge >= 0.3 is 5.97 Å². The van der Waals surface area contributed by atoms with E-state index < -0.39 is 28.4 Å². The molecule has 0 atom stereocenters. The van der Waals surface area contributed by atoms with Crippen molar-refractivity contribution >= 4 is 39.2 Å². The van der Waals surface area contributed by atoms with Crippen LogP contribution >= 0.6 is 0 Å². The smallest absolute Gasteiger partial charge is 0.308 e. The van der Waals surface area contributed by atoms with Crippen LogP contribution in [0.15, 0.2) is 52.4 Å². The average molecular weight is 443 g/mol. The number of ether oxygens (including phenoxy) is 2. The number of sulfonamides is 1. The molecule has 2 aliphatic rings. The highest BCUT2D eigenvalue weighted by Gasteiger charge is 2.30. The summed E-state index contributed by atoms with van der Waals surface area (Å²) in [7, 11) is -3.64. The Hall–Kier alpha value is -3.73. The summed E-state index contributed by atoms with van der Waals surface area (Å²) in [5, 5.41) is 2.60. The summed E-state index contributed by atoms with van der Waals surface area (Å²) in [5.41, 5.74) is 1.08. The first-order valence-corrected chi connectivity index (χ1v) is 10.7. The van der Waals surface area contributed by atoms with Crippen LogP contribution in [0.5, 0.6) is 5.75 Å². The molecule has 2 aliphatic heterocycles. The van der Waals surface area contributed by atoms with E-state index >= 15 is 0 Å². The zero-order valence-corrected chi connectivity index (χ0v) is 16.9. The summed E-state index contributed by atoms with van der Waals surface area (Å²) in [6.45, 7) is -0.574. The Morgan fingerprint density at radius 1 is 1.16 bits per heavy atom. The number of Topliss-reactive ketones (excluding diaryl/α,β-unsaturated/α-hetero) is 1. The van der Waals surface area contributed by atoms with Crippen LogP contribution in [0.2, 0.25) is 0 Å².